The van der Waals surface area contributed by atoms with E-state index in [-0.39, 0.29) is 12.4 Å². The first-order valence-electron chi connectivity index (χ1n) is 6.22. The van der Waals surface area contributed by atoms with Crippen molar-refractivity contribution < 1.29 is 13.5 Å². The van der Waals surface area contributed by atoms with Crippen LogP contribution in [0.2, 0.25) is 0 Å². The molecule has 0 saturated carbocycles. The monoisotopic (exact) mass is 303 g/mol. The van der Waals surface area contributed by atoms with Gasteiger partial charge in [-0.3, -0.25) is 0 Å². The molecule has 1 rings (SSSR count). The summed E-state index contributed by atoms with van der Waals surface area (Å²) in [5.74, 6) is 1.02. The molecule has 0 aliphatic carbocycles. The van der Waals surface area contributed by atoms with Crippen molar-refractivity contribution >= 4 is 21.8 Å². The van der Waals surface area contributed by atoms with Gasteiger partial charge < -0.3 is 5.11 Å². The Morgan fingerprint density at radius 3 is 2.68 bits per heavy atom. The van der Waals surface area contributed by atoms with Gasteiger partial charge in [0.2, 0.25) is 10.0 Å². The average molecular weight is 303 g/mol. The predicted molar refractivity (Wildman–Crippen MR) is 80.6 cm³/mol. The fourth-order valence-electron chi connectivity index (χ4n) is 1.69. The second kappa shape index (κ2) is 8.58. The molecule has 2 N–H and O–H groups in total. The zero-order valence-electron chi connectivity index (χ0n) is 11.1. The molecule has 0 aliphatic rings. The number of thioether (sulfide) groups is 1. The Hall–Kier alpha value is -0.560. The van der Waals surface area contributed by atoms with Crippen molar-refractivity contribution in [1.29, 1.82) is 0 Å². The summed E-state index contributed by atoms with van der Waals surface area (Å²) in [6, 6.07) is 7.00. The molecule has 6 heteroatoms. The van der Waals surface area contributed by atoms with E-state index in [1.807, 2.05) is 6.26 Å². The van der Waals surface area contributed by atoms with Crippen molar-refractivity contribution in [3.8, 4) is 0 Å². The number of nitrogens with one attached hydrogen (secondary N) is 1. The number of aliphatic hydroxyl groups is 1. The Balaban J connectivity index is 2.45. The van der Waals surface area contributed by atoms with E-state index in [1.165, 1.54) is 0 Å². The van der Waals surface area contributed by atoms with Crippen LogP contribution >= 0.6 is 11.8 Å². The van der Waals surface area contributed by atoms with E-state index in [9.17, 15) is 8.42 Å². The number of rotatable bonds is 9. The smallest absolute Gasteiger partial charge is 0.215 e. The first kappa shape index (κ1) is 16.5. The number of unbranched alkanes of at least 4 members (excludes halogenated alkanes) is 1. The zero-order valence-corrected chi connectivity index (χ0v) is 12.8. The predicted octanol–water partition coefficient (Wildman–Crippen LogP) is 1.74. The van der Waals surface area contributed by atoms with Crippen molar-refractivity contribution in [3.63, 3.8) is 0 Å². The van der Waals surface area contributed by atoms with Gasteiger partial charge in [0.15, 0.2) is 0 Å². The summed E-state index contributed by atoms with van der Waals surface area (Å²) in [6.45, 7) is 0.415. The molecule has 0 heterocycles. The van der Waals surface area contributed by atoms with Crippen LogP contribution in [0.3, 0.4) is 0 Å². The highest BCUT2D eigenvalue weighted by Gasteiger charge is 2.10. The van der Waals surface area contributed by atoms with Crippen LogP contribution in [-0.4, -0.2) is 32.1 Å². The minimum atomic E-state index is -3.29. The van der Waals surface area contributed by atoms with Gasteiger partial charge in [-0.05, 0) is 36.0 Å². The molecule has 108 valence electrons. The maximum Gasteiger partial charge on any atom is 0.215 e. The van der Waals surface area contributed by atoms with Crippen LogP contribution in [0.4, 0.5) is 0 Å². The van der Waals surface area contributed by atoms with Crippen LogP contribution in [0.25, 0.3) is 0 Å². The lowest BCUT2D eigenvalue weighted by Gasteiger charge is -2.07. The van der Waals surface area contributed by atoms with E-state index in [1.54, 1.807) is 36.0 Å². The topological polar surface area (TPSA) is 66.4 Å². The van der Waals surface area contributed by atoms with Gasteiger partial charge in [-0.15, -0.1) is 0 Å². The third-order valence-corrected chi connectivity index (χ3v) is 4.68. The van der Waals surface area contributed by atoms with E-state index < -0.39 is 10.0 Å². The SMILES string of the molecule is CSCCCCNS(=O)(=O)Cc1cccc(CO)c1. The Morgan fingerprint density at radius 2 is 2.00 bits per heavy atom. The molecule has 1 aromatic carbocycles. The molecule has 0 atom stereocenters. The van der Waals surface area contributed by atoms with Gasteiger partial charge in [0.05, 0.1) is 12.4 Å². The molecular weight excluding hydrogens is 282 g/mol. The van der Waals surface area contributed by atoms with Crippen LogP contribution in [0, 0.1) is 0 Å². The first-order valence-corrected chi connectivity index (χ1v) is 9.27. The van der Waals surface area contributed by atoms with E-state index in [0.717, 1.165) is 24.2 Å². The van der Waals surface area contributed by atoms with Crippen molar-refractivity contribution in [3.05, 3.63) is 35.4 Å². The number of hydrogen-bond donors (Lipinski definition) is 2. The number of hydrogen-bond acceptors (Lipinski definition) is 4. The maximum absolute atomic E-state index is 11.9. The van der Waals surface area contributed by atoms with Gasteiger partial charge in [-0.2, -0.15) is 11.8 Å². The summed E-state index contributed by atoms with van der Waals surface area (Å²) in [5, 5.41) is 9.02. The second-order valence-corrected chi connectivity index (χ2v) is 7.12. The lowest BCUT2D eigenvalue weighted by Crippen LogP contribution is -2.26. The molecule has 0 spiro atoms. The van der Waals surface area contributed by atoms with Gasteiger partial charge in [-0.25, -0.2) is 13.1 Å². The van der Waals surface area contributed by atoms with Gasteiger partial charge in [0, 0.05) is 6.54 Å². The minimum Gasteiger partial charge on any atom is -0.392 e. The van der Waals surface area contributed by atoms with Crippen molar-refractivity contribution in [2.24, 2.45) is 0 Å². The molecule has 0 amide bonds. The molecule has 0 aliphatic heterocycles. The van der Waals surface area contributed by atoms with Gasteiger partial charge >= 0.3 is 0 Å². The minimum absolute atomic E-state index is 0.0383. The van der Waals surface area contributed by atoms with E-state index in [2.05, 4.69) is 4.72 Å². The summed E-state index contributed by atoms with van der Waals surface area (Å²) in [4.78, 5) is 0. The summed E-state index contributed by atoms with van der Waals surface area (Å²) < 4.78 is 26.3. The number of sulfonamides is 1. The van der Waals surface area contributed by atoms with E-state index >= 15 is 0 Å². The van der Waals surface area contributed by atoms with Crippen LogP contribution < -0.4 is 4.72 Å². The highest BCUT2D eigenvalue weighted by Crippen LogP contribution is 2.09. The summed E-state index contributed by atoms with van der Waals surface area (Å²) in [6.07, 6.45) is 3.92. The van der Waals surface area contributed by atoms with Gasteiger partial charge in [-0.1, -0.05) is 24.3 Å². The molecule has 19 heavy (non-hydrogen) atoms. The molecule has 1 aromatic rings. The quantitative estimate of drug-likeness (QED) is 0.682. The van der Waals surface area contributed by atoms with E-state index in [4.69, 9.17) is 5.11 Å². The third kappa shape index (κ3) is 6.96. The normalized spacial score (nSPS) is 11.7. The molecule has 0 fully saturated rings. The lowest BCUT2D eigenvalue weighted by atomic mass is 10.1. The Kier molecular flexibility index (Phi) is 7.45. The Morgan fingerprint density at radius 1 is 1.26 bits per heavy atom. The number of benzene rings is 1. The maximum atomic E-state index is 11.9. The molecule has 0 saturated heterocycles. The standard InChI is InChI=1S/C13H21NO3S2/c1-18-8-3-2-7-14-19(16,17)11-13-6-4-5-12(9-13)10-15/h4-6,9,14-15H,2-3,7-8,10-11H2,1H3. The van der Waals surface area contributed by atoms with Crippen molar-refractivity contribution in [1.82, 2.24) is 4.72 Å². The average Bonchev–Trinajstić information content (AvgIpc) is 2.38. The first-order chi connectivity index (χ1) is 9.07. The van der Waals surface area contributed by atoms with Gasteiger partial charge in [0.1, 0.15) is 0 Å². The van der Waals surface area contributed by atoms with Crippen LogP contribution in [0.5, 0.6) is 0 Å². The fraction of sp³-hybridized carbons (Fsp3) is 0.538. The van der Waals surface area contributed by atoms with Gasteiger partial charge in [0.25, 0.3) is 0 Å². The fourth-order valence-corrected chi connectivity index (χ4v) is 3.36. The highest BCUT2D eigenvalue weighted by molar-refractivity contribution is 7.98. The molecule has 0 aromatic heterocycles. The molecule has 0 bridgehead atoms. The Bertz CT molecular complexity index is 475. The summed E-state index contributed by atoms with van der Waals surface area (Å²) >= 11 is 1.77. The van der Waals surface area contributed by atoms with Crippen LogP contribution in [0.15, 0.2) is 24.3 Å². The van der Waals surface area contributed by atoms with Crippen LogP contribution in [-0.2, 0) is 22.4 Å². The summed E-state index contributed by atoms with van der Waals surface area (Å²) in [7, 11) is -3.29. The molecule has 0 unspecified atom stereocenters. The van der Waals surface area contributed by atoms with Crippen molar-refractivity contribution in [2.75, 3.05) is 18.6 Å². The molecule has 4 nitrogen and oxygen atoms in total. The lowest BCUT2D eigenvalue weighted by molar-refractivity contribution is 0.282. The largest absolute Gasteiger partial charge is 0.392 e. The molecule has 0 radical (unpaired) electrons. The highest BCUT2D eigenvalue weighted by atomic mass is 32.2. The molecular formula is C13H21NO3S2. The summed E-state index contributed by atoms with van der Waals surface area (Å²) in [5.41, 5.74) is 1.43. The second-order valence-electron chi connectivity index (χ2n) is 4.33. The Labute approximate surface area is 119 Å². The van der Waals surface area contributed by atoms with Crippen LogP contribution in [0.1, 0.15) is 24.0 Å². The van der Waals surface area contributed by atoms with Crippen molar-refractivity contribution in [2.45, 2.75) is 25.2 Å². The third-order valence-electron chi connectivity index (χ3n) is 2.63. The number of aliphatic hydroxyl groups excluding tert-OH is 1. The van der Waals surface area contributed by atoms with E-state index in [0.29, 0.717) is 12.1 Å². The zero-order chi connectivity index (χ0) is 14.1.